The van der Waals surface area contributed by atoms with Gasteiger partial charge in [0.15, 0.2) is 0 Å². The van der Waals surface area contributed by atoms with E-state index < -0.39 is 0 Å². The van der Waals surface area contributed by atoms with E-state index in [1.807, 2.05) is 49.9 Å². The molecule has 2 aromatic rings. The van der Waals surface area contributed by atoms with Crippen molar-refractivity contribution in [1.29, 1.82) is 0 Å². The second-order valence-corrected chi connectivity index (χ2v) is 7.19. The average Bonchev–Trinajstić information content (AvgIpc) is 2.90. The van der Waals surface area contributed by atoms with Crippen molar-refractivity contribution in [3.05, 3.63) is 51.7 Å². The molecular formula is C19H26N4O2. The Morgan fingerprint density at radius 2 is 2.08 bits per heavy atom. The Hall–Kier alpha value is -2.37. The zero-order valence-electron chi connectivity index (χ0n) is 15.4. The Morgan fingerprint density at radius 3 is 2.76 bits per heavy atom. The average molecular weight is 342 g/mol. The molecule has 1 unspecified atom stereocenters. The summed E-state index contributed by atoms with van der Waals surface area (Å²) >= 11 is 0. The molecule has 3 rings (SSSR count). The number of amides is 1. The van der Waals surface area contributed by atoms with Crippen LogP contribution in [0.1, 0.15) is 60.4 Å². The van der Waals surface area contributed by atoms with Gasteiger partial charge in [0, 0.05) is 37.7 Å². The van der Waals surface area contributed by atoms with Gasteiger partial charge in [-0.2, -0.15) is 5.10 Å². The maximum atomic E-state index is 12.9. The van der Waals surface area contributed by atoms with E-state index in [2.05, 4.69) is 5.10 Å². The molecule has 1 amide bonds. The summed E-state index contributed by atoms with van der Waals surface area (Å²) in [5.74, 6) is 0.950. The van der Waals surface area contributed by atoms with Crippen LogP contribution in [0.5, 0.6) is 0 Å². The molecule has 1 fully saturated rings. The van der Waals surface area contributed by atoms with Gasteiger partial charge in [-0.15, -0.1) is 0 Å². The highest BCUT2D eigenvalue weighted by atomic mass is 16.2. The number of piperidine rings is 1. The van der Waals surface area contributed by atoms with Gasteiger partial charge >= 0.3 is 5.69 Å². The minimum Gasteiger partial charge on any atom is -0.338 e. The van der Waals surface area contributed by atoms with Crippen LogP contribution in [0.3, 0.4) is 0 Å². The molecule has 1 aromatic carbocycles. The minimum absolute atomic E-state index is 0.0547. The van der Waals surface area contributed by atoms with Crippen LogP contribution in [-0.4, -0.2) is 38.2 Å². The fourth-order valence-electron chi connectivity index (χ4n) is 3.60. The van der Waals surface area contributed by atoms with E-state index >= 15 is 0 Å². The molecule has 1 atom stereocenters. The number of aromatic nitrogens is 3. The topological polar surface area (TPSA) is 60.1 Å². The lowest BCUT2D eigenvalue weighted by Crippen LogP contribution is -2.40. The predicted octanol–water partition coefficient (Wildman–Crippen LogP) is 2.49. The van der Waals surface area contributed by atoms with Gasteiger partial charge in [-0.05, 0) is 45.7 Å². The summed E-state index contributed by atoms with van der Waals surface area (Å²) in [4.78, 5) is 27.1. The molecule has 6 heteroatoms. The highest BCUT2D eigenvalue weighted by Crippen LogP contribution is 2.27. The highest BCUT2D eigenvalue weighted by Gasteiger charge is 2.30. The standard InChI is InChI=1S/C19H26N4O2/c1-13(2)23-17(20-21(4)19(23)25)16-9-6-10-22(12-16)18(24)15-8-5-7-14(3)11-15/h5,7-8,11,13,16H,6,9-10,12H2,1-4H3. The molecule has 0 spiro atoms. The van der Waals surface area contributed by atoms with Crippen LogP contribution in [0, 0.1) is 6.92 Å². The van der Waals surface area contributed by atoms with Crippen LogP contribution < -0.4 is 5.69 Å². The van der Waals surface area contributed by atoms with Crippen molar-refractivity contribution in [3.63, 3.8) is 0 Å². The molecule has 134 valence electrons. The number of hydrogen-bond acceptors (Lipinski definition) is 3. The third-order valence-corrected chi connectivity index (χ3v) is 4.84. The SMILES string of the molecule is Cc1cccc(C(=O)N2CCCC(c3nn(C)c(=O)n3C(C)C)C2)c1. The van der Waals surface area contributed by atoms with Gasteiger partial charge in [-0.1, -0.05) is 17.7 Å². The molecule has 25 heavy (non-hydrogen) atoms. The van der Waals surface area contributed by atoms with E-state index in [1.54, 1.807) is 11.6 Å². The Labute approximate surface area is 148 Å². The number of aryl methyl sites for hydroxylation is 2. The third-order valence-electron chi connectivity index (χ3n) is 4.84. The number of nitrogens with zero attached hydrogens (tertiary/aromatic N) is 4. The Bertz CT molecular complexity index is 834. The van der Waals surface area contributed by atoms with Crippen molar-refractivity contribution in [2.24, 2.45) is 7.05 Å². The van der Waals surface area contributed by atoms with Crippen LogP contribution in [0.2, 0.25) is 0 Å². The smallest absolute Gasteiger partial charge is 0.338 e. The van der Waals surface area contributed by atoms with Crippen molar-refractivity contribution < 1.29 is 4.79 Å². The van der Waals surface area contributed by atoms with Crippen molar-refractivity contribution in [2.45, 2.75) is 45.6 Å². The van der Waals surface area contributed by atoms with Gasteiger partial charge < -0.3 is 4.90 Å². The van der Waals surface area contributed by atoms with Crippen LogP contribution in [-0.2, 0) is 7.05 Å². The van der Waals surface area contributed by atoms with E-state index in [1.165, 1.54) is 4.68 Å². The first-order chi connectivity index (χ1) is 11.9. The summed E-state index contributed by atoms with van der Waals surface area (Å²) in [7, 11) is 1.68. The molecule has 1 aliphatic heterocycles. The minimum atomic E-state index is -0.0906. The predicted molar refractivity (Wildman–Crippen MR) is 96.9 cm³/mol. The van der Waals surface area contributed by atoms with Gasteiger partial charge in [-0.25, -0.2) is 9.48 Å². The summed E-state index contributed by atoms with van der Waals surface area (Å²) < 4.78 is 3.15. The first-order valence-corrected chi connectivity index (χ1v) is 8.90. The summed E-state index contributed by atoms with van der Waals surface area (Å²) in [5, 5.41) is 4.46. The second-order valence-electron chi connectivity index (χ2n) is 7.19. The Morgan fingerprint density at radius 1 is 1.32 bits per heavy atom. The van der Waals surface area contributed by atoms with Gasteiger partial charge in [0.25, 0.3) is 5.91 Å². The first kappa shape index (κ1) is 17.5. The first-order valence-electron chi connectivity index (χ1n) is 8.90. The zero-order valence-corrected chi connectivity index (χ0v) is 15.4. The fourth-order valence-corrected chi connectivity index (χ4v) is 3.60. The maximum absolute atomic E-state index is 12.9. The molecule has 0 radical (unpaired) electrons. The van der Waals surface area contributed by atoms with Gasteiger partial charge in [-0.3, -0.25) is 9.36 Å². The van der Waals surface area contributed by atoms with Gasteiger partial charge in [0.2, 0.25) is 0 Å². The van der Waals surface area contributed by atoms with Crippen LogP contribution in [0.4, 0.5) is 0 Å². The molecule has 0 N–H and O–H groups in total. The van der Waals surface area contributed by atoms with E-state index in [-0.39, 0.29) is 23.6 Å². The largest absolute Gasteiger partial charge is 0.345 e. The lowest BCUT2D eigenvalue weighted by atomic mass is 9.96. The maximum Gasteiger partial charge on any atom is 0.345 e. The van der Waals surface area contributed by atoms with Crippen LogP contribution >= 0.6 is 0 Å². The molecule has 2 heterocycles. The Kier molecular flexibility index (Phi) is 4.79. The quantitative estimate of drug-likeness (QED) is 0.861. The van der Waals surface area contributed by atoms with Crippen molar-refractivity contribution in [3.8, 4) is 0 Å². The summed E-state index contributed by atoms with van der Waals surface area (Å²) in [6.07, 6.45) is 1.87. The van der Waals surface area contributed by atoms with E-state index in [0.717, 1.165) is 36.3 Å². The van der Waals surface area contributed by atoms with E-state index in [4.69, 9.17) is 0 Å². The van der Waals surface area contributed by atoms with Crippen molar-refractivity contribution in [2.75, 3.05) is 13.1 Å². The monoisotopic (exact) mass is 342 g/mol. The highest BCUT2D eigenvalue weighted by molar-refractivity contribution is 5.94. The molecule has 1 aliphatic rings. The third kappa shape index (κ3) is 3.38. The fraction of sp³-hybridized carbons (Fsp3) is 0.526. The number of carbonyl (C=O) groups excluding carboxylic acids is 1. The van der Waals surface area contributed by atoms with Crippen LogP contribution in [0.25, 0.3) is 0 Å². The molecule has 1 aromatic heterocycles. The van der Waals surface area contributed by atoms with Crippen molar-refractivity contribution >= 4 is 5.91 Å². The molecule has 1 saturated heterocycles. The normalized spacial score (nSPS) is 18.0. The molecule has 0 saturated carbocycles. The number of likely N-dealkylation sites (tertiary alicyclic amines) is 1. The van der Waals surface area contributed by atoms with E-state index in [0.29, 0.717) is 6.54 Å². The molecular weight excluding hydrogens is 316 g/mol. The second kappa shape index (κ2) is 6.86. The van der Waals surface area contributed by atoms with Gasteiger partial charge in [0.05, 0.1) is 0 Å². The Balaban J connectivity index is 1.86. The van der Waals surface area contributed by atoms with Crippen LogP contribution in [0.15, 0.2) is 29.1 Å². The van der Waals surface area contributed by atoms with E-state index in [9.17, 15) is 9.59 Å². The summed E-state index contributed by atoms with van der Waals surface area (Å²) in [5.41, 5.74) is 1.72. The number of rotatable bonds is 3. The summed E-state index contributed by atoms with van der Waals surface area (Å²) in [6.45, 7) is 7.33. The molecule has 6 nitrogen and oxygen atoms in total. The number of carbonyl (C=O) groups is 1. The summed E-state index contributed by atoms with van der Waals surface area (Å²) in [6, 6.07) is 7.75. The van der Waals surface area contributed by atoms with Gasteiger partial charge in [0.1, 0.15) is 5.82 Å². The number of hydrogen-bond donors (Lipinski definition) is 0. The number of benzene rings is 1. The molecule has 0 aliphatic carbocycles. The lowest BCUT2D eigenvalue weighted by Gasteiger charge is -2.32. The van der Waals surface area contributed by atoms with Crippen molar-refractivity contribution in [1.82, 2.24) is 19.2 Å². The lowest BCUT2D eigenvalue weighted by molar-refractivity contribution is 0.0702. The zero-order chi connectivity index (χ0) is 18.1. The molecule has 0 bridgehead atoms.